The van der Waals surface area contributed by atoms with E-state index in [-0.39, 0.29) is 29.3 Å². The molecule has 3 unspecified atom stereocenters. The molecule has 6 nitrogen and oxygen atoms in total. The Labute approximate surface area is 151 Å². The number of nitrogens with zero attached hydrogens (tertiary/aromatic N) is 1. The summed E-state index contributed by atoms with van der Waals surface area (Å²) in [7, 11) is 0. The number of nitrogens with one attached hydrogen (secondary N) is 1. The Kier molecular flexibility index (Phi) is 6.15. The van der Waals surface area contributed by atoms with Crippen LogP contribution in [0.5, 0.6) is 0 Å². The van der Waals surface area contributed by atoms with Gasteiger partial charge in [0.2, 0.25) is 11.8 Å². The van der Waals surface area contributed by atoms with E-state index in [2.05, 4.69) is 5.32 Å². The van der Waals surface area contributed by atoms with Crippen molar-refractivity contribution in [2.24, 2.45) is 23.0 Å². The SMILES string of the molecule is CCOC1CC(N)(C(=O)N2CCCC(CNC(=O)C(C)C)C2)C1(C)C. The molecule has 144 valence electrons. The summed E-state index contributed by atoms with van der Waals surface area (Å²) >= 11 is 0. The molecule has 1 heterocycles. The first-order valence-electron chi connectivity index (χ1n) is 9.61. The van der Waals surface area contributed by atoms with Crippen molar-refractivity contribution in [3.63, 3.8) is 0 Å². The Balaban J connectivity index is 1.94. The zero-order valence-electron chi connectivity index (χ0n) is 16.4. The summed E-state index contributed by atoms with van der Waals surface area (Å²) in [5.41, 5.74) is 5.33. The van der Waals surface area contributed by atoms with Crippen LogP contribution in [-0.2, 0) is 14.3 Å². The van der Waals surface area contributed by atoms with Crippen LogP contribution in [0, 0.1) is 17.3 Å². The quantitative estimate of drug-likeness (QED) is 0.758. The van der Waals surface area contributed by atoms with Gasteiger partial charge in [0, 0.05) is 44.0 Å². The summed E-state index contributed by atoms with van der Waals surface area (Å²) in [5, 5.41) is 2.99. The van der Waals surface area contributed by atoms with E-state index in [9.17, 15) is 9.59 Å². The predicted molar refractivity (Wildman–Crippen MR) is 97.9 cm³/mol. The smallest absolute Gasteiger partial charge is 0.243 e. The van der Waals surface area contributed by atoms with Crippen LogP contribution in [-0.4, -0.2) is 54.6 Å². The van der Waals surface area contributed by atoms with Gasteiger partial charge < -0.3 is 20.7 Å². The number of rotatable bonds is 6. The molecular weight excluding hydrogens is 318 g/mol. The number of ether oxygens (including phenoxy) is 1. The Morgan fingerprint density at radius 2 is 2.04 bits per heavy atom. The number of hydrogen-bond donors (Lipinski definition) is 2. The first-order valence-corrected chi connectivity index (χ1v) is 9.61. The minimum atomic E-state index is -0.851. The number of amides is 2. The van der Waals surface area contributed by atoms with Gasteiger partial charge in [-0.15, -0.1) is 0 Å². The maximum atomic E-state index is 13.1. The van der Waals surface area contributed by atoms with Gasteiger partial charge in [0.15, 0.2) is 0 Å². The van der Waals surface area contributed by atoms with Crippen molar-refractivity contribution in [1.29, 1.82) is 0 Å². The molecule has 0 aromatic heterocycles. The fourth-order valence-corrected chi connectivity index (χ4v) is 3.95. The minimum Gasteiger partial charge on any atom is -0.378 e. The lowest BCUT2D eigenvalue weighted by molar-refractivity contribution is -0.180. The average Bonchev–Trinajstić information content (AvgIpc) is 2.58. The maximum Gasteiger partial charge on any atom is 0.243 e. The molecule has 1 saturated carbocycles. The lowest BCUT2D eigenvalue weighted by Crippen LogP contribution is -2.76. The molecule has 0 radical (unpaired) electrons. The second-order valence-electron chi connectivity index (χ2n) is 8.50. The van der Waals surface area contributed by atoms with Crippen LogP contribution >= 0.6 is 0 Å². The largest absolute Gasteiger partial charge is 0.378 e. The summed E-state index contributed by atoms with van der Waals surface area (Å²) in [6.45, 7) is 12.5. The molecule has 6 heteroatoms. The van der Waals surface area contributed by atoms with E-state index >= 15 is 0 Å². The van der Waals surface area contributed by atoms with Crippen LogP contribution in [0.2, 0.25) is 0 Å². The van der Waals surface area contributed by atoms with E-state index < -0.39 is 5.54 Å². The summed E-state index contributed by atoms with van der Waals surface area (Å²) in [6.07, 6.45) is 2.61. The van der Waals surface area contributed by atoms with Gasteiger partial charge in [-0.1, -0.05) is 27.7 Å². The third-order valence-corrected chi connectivity index (χ3v) is 6.11. The number of piperidine rings is 1. The van der Waals surface area contributed by atoms with Crippen LogP contribution in [0.1, 0.15) is 53.9 Å². The molecule has 0 aromatic rings. The first kappa shape index (κ1) is 20.2. The Bertz CT molecular complexity index is 506. The molecule has 2 amide bonds. The zero-order chi connectivity index (χ0) is 18.8. The molecule has 0 bridgehead atoms. The molecule has 2 rings (SSSR count). The maximum absolute atomic E-state index is 13.1. The molecular formula is C19H35N3O3. The van der Waals surface area contributed by atoms with E-state index in [0.29, 0.717) is 32.0 Å². The van der Waals surface area contributed by atoms with Gasteiger partial charge in [-0.3, -0.25) is 9.59 Å². The number of carbonyl (C=O) groups excluding carboxylic acids is 2. The Morgan fingerprint density at radius 1 is 1.36 bits per heavy atom. The van der Waals surface area contributed by atoms with Crippen molar-refractivity contribution in [3.8, 4) is 0 Å². The van der Waals surface area contributed by atoms with Crippen LogP contribution < -0.4 is 11.1 Å². The molecule has 2 aliphatic rings. The Hall–Kier alpha value is -1.14. The fraction of sp³-hybridized carbons (Fsp3) is 0.895. The van der Waals surface area contributed by atoms with Crippen LogP contribution in [0.3, 0.4) is 0 Å². The molecule has 1 aliphatic heterocycles. The highest BCUT2D eigenvalue weighted by molar-refractivity contribution is 5.89. The number of nitrogens with two attached hydrogens (primary N) is 1. The topological polar surface area (TPSA) is 84.7 Å². The van der Waals surface area contributed by atoms with Crippen LogP contribution in [0.15, 0.2) is 0 Å². The van der Waals surface area contributed by atoms with Crippen molar-refractivity contribution in [1.82, 2.24) is 10.2 Å². The van der Waals surface area contributed by atoms with Gasteiger partial charge in [-0.05, 0) is 25.7 Å². The van der Waals surface area contributed by atoms with Gasteiger partial charge in [0.05, 0.1) is 6.10 Å². The fourth-order valence-electron chi connectivity index (χ4n) is 3.95. The van der Waals surface area contributed by atoms with Gasteiger partial charge >= 0.3 is 0 Å². The lowest BCUT2D eigenvalue weighted by atomic mass is 9.54. The molecule has 3 atom stereocenters. The van der Waals surface area contributed by atoms with Crippen LogP contribution in [0.4, 0.5) is 0 Å². The first-order chi connectivity index (χ1) is 11.6. The van der Waals surface area contributed by atoms with Crippen molar-refractivity contribution >= 4 is 11.8 Å². The number of hydrogen-bond acceptors (Lipinski definition) is 4. The predicted octanol–water partition coefficient (Wildman–Crippen LogP) is 1.53. The summed E-state index contributed by atoms with van der Waals surface area (Å²) < 4.78 is 5.74. The Morgan fingerprint density at radius 3 is 2.60 bits per heavy atom. The van der Waals surface area contributed by atoms with Crippen molar-refractivity contribution in [2.45, 2.75) is 65.5 Å². The standard InChI is InChI=1S/C19H35N3O3/c1-6-25-15-10-19(20,18(15,4)5)17(24)22-9-7-8-14(12-22)11-21-16(23)13(2)3/h13-15H,6-12,20H2,1-5H3,(H,21,23). The van der Waals surface area contributed by atoms with E-state index in [4.69, 9.17) is 10.5 Å². The summed E-state index contributed by atoms with van der Waals surface area (Å²) in [5.74, 6) is 0.390. The molecule has 0 aromatic carbocycles. The van der Waals surface area contributed by atoms with E-state index in [1.54, 1.807) is 0 Å². The molecule has 1 aliphatic carbocycles. The molecule has 2 fully saturated rings. The highest BCUT2D eigenvalue weighted by Gasteiger charge is 2.63. The normalized spacial score (nSPS) is 31.6. The molecule has 1 saturated heterocycles. The van der Waals surface area contributed by atoms with E-state index in [1.165, 1.54) is 0 Å². The minimum absolute atomic E-state index is 0.0140. The van der Waals surface area contributed by atoms with Gasteiger partial charge in [-0.25, -0.2) is 0 Å². The number of likely N-dealkylation sites (tertiary alicyclic amines) is 1. The molecule has 3 N–H and O–H groups in total. The highest BCUT2D eigenvalue weighted by Crippen LogP contribution is 2.50. The van der Waals surface area contributed by atoms with E-state index in [1.807, 2.05) is 39.5 Å². The third kappa shape index (κ3) is 3.85. The second kappa shape index (κ2) is 7.62. The molecule has 25 heavy (non-hydrogen) atoms. The van der Waals surface area contributed by atoms with Gasteiger partial charge in [0.1, 0.15) is 5.54 Å². The molecule has 0 spiro atoms. The van der Waals surface area contributed by atoms with E-state index in [0.717, 1.165) is 19.4 Å². The van der Waals surface area contributed by atoms with Crippen molar-refractivity contribution < 1.29 is 14.3 Å². The van der Waals surface area contributed by atoms with Gasteiger partial charge in [0.25, 0.3) is 0 Å². The summed E-state index contributed by atoms with van der Waals surface area (Å²) in [6, 6.07) is 0. The average molecular weight is 354 g/mol. The number of carbonyl (C=O) groups is 2. The van der Waals surface area contributed by atoms with Crippen molar-refractivity contribution in [2.75, 3.05) is 26.2 Å². The second-order valence-corrected chi connectivity index (χ2v) is 8.50. The highest BCUT2D eigenvalue weighted by atomic mass is 16.5. The van der Waals surface area contributed by atoms with Crippen molar-refractivity contribution in [3.05, 3.63) is 0 Å². The zero-order valence-corrected chi connectivity index (χ0v) is 16.4. The monoisotopic (exact) mass is 353 g/mol. The lowest BCUT2D eigenvalue weighted by Gasteiger charge is -2.59. The van der Waals surface area contributed by atoms with Crippen LogP contribution in [0.25, 0.3) is 0 Å². The third-order valence-electron chi connectivity index (χ3n) is 6.11. The van der Waals surface area contributed by atoms with Gasteiger partial charge in [-0.2, -0.15) is 0 Å². The summed E-state index contributed by atoms with van der Waals surface area (Å²) in [4.78, 5) is 26.8.